The van der Waals surface area contributed by atoms with E-state index in [1.54, 1.807) is 0 Å². The second-order valence-electron chi connectivity index (χ2n) is 6.57. The lowest BCUT2D eigenvalue weighted by atomic mass is 10.1. The molecule has 2 aromatic rings. The van der Waals surface area contributed by atoms with Crippen molar-refractivity contribution < 1.29 is 19.4 Å². The van der Waals surface area contributed by atoms with Gasteiger partial charge in [0.1, 0.15) is 24.5 Å². The van der Waals surface area contributed by atoms with E-state index < -0.39 is 36.0 Å². The predicted octanol–water partition coefficient (Wildman–Crippen LogP) is -1.12. The number of imidazole rings is 1. The number of nitrogens with zero attached hydrogens (tertiary/aromatic N) is 3. The Morgan fingerprint density at radius 2 is 2.31 bits per heavy atom. The fourth-order valence-electron chi connectivity index (χ4n) is 2.81. The maximum absolute atomic E-state index is 12.1. The Morgan fingerprint density at radius 3 is 2.96 bits per heavy atom. The Labute approximate surface area is 148 Å². The highest BCUT2D eigenvalue weighted by atomic mass is 16.6. The first kappa shape index (κ1) is 18.3. The summed E-state index contributed by atoms with van der Waals surface area (Å²) in [7, 11) is 0. The fraction of sp³-hybridized carbons (Fsp3) is 0.600. The maximum Gasteiger partial charge on any atom is 0.323 e. The van der Waals surface area contributed by atoms with Crippen LogP contribution in [0.4, 0.5) is 5.95 Å². The van der Waals surface area contributed by atoms with Crippen molar-refractivity contribution in [3.63, 3.8) is 0 Å². The molecule has 1 fully saturated rings. The SMILES string of the molecule is CC(C)C(N)C(=O)O[C@@H]1C[C@H](n2cnc3c(=O)[nH]c(N)nc32)O[C@@H]1CO. The van der Waals surface area contributed by atoms with Crippen molar-refractivity contribution in [3.8, 4) is 0 Å². The number of nitrogen functional groups attached to an aromatic ring is 1. The largest absolute Gasteiger partial charge is 0.458 e. The van der Waals surface area contributed by atoms with Crippen LogP contribution in [-0.2, 0) is 14.3 Å². The Balaban J connectivity index is 1.83. The molecule has 26 heavy (non-hydrogen) atoms. The van der Waals surface area contributed by atoms with Crippen molar-refractivity contribution in [1.29, 1.82) is 0 Å². The van der Waals surface area contributed by atoms with Crippen LogP contribution in [0.1, 0.15) is 26.5 Å². The van der Waals surface area contributed by atoms with Gasteiger partial charge >= 0.3 is 5.97 Å². The van der Waals surface area contributed by atoms with Gasteiger partial charge in [-0.2, -0.15) is 4.98 Å². The van der Waals surface area contributed by atoms with Gasteiger partial charge < -0.3 is 26.0 Å². The quantitative estimate of drug-likeness (QED) is 0.478. The summed E-state index contributed by atoms with van der Waals surface area (Å²) < 4.78 is 12.7. The molecule has 1 saturated heterocycles. The molecule has 0 spiro atoms. The zero-order valence-corrected chi connectivity index (χ0v) is 14.5. The Bertz CT molecular complexity index is 862. The van der Waals surface area contributed by atoms with Gasteiger partial charge in [-0.1, -0.05) is 13.8 Å². The minimum Gasteiger partial charge on any atom is -0.458 e. The molecular weight excluding hydrogens is 344 g/mol. The second-order valence-corrected chi connectivity index (χ2v) is 6.57. The number of H-pyrrole nitrogens is 1. The Kier molecular flexibility index (Phi) is 4.94. The van der Waals surface area contributed by atoms with Crippen molar-refractivity contribution in [2.24, 2.45) is 11.7 Å². The Morgan fingerprint density at radius 1 is 1.58 bits per heavy atom. The third-order valence-corrected chi connectivity index (χ3v) is 4.38. The molecule has 6 N–H and O–H groups in total. The number of esters is 1. The molecule has 1 unspecified atom stereocenters. The number of aliphatic hydroxyl groups is 1. The number of carbonyl (C=O) groups is 1. The van der Waals surface area contributed by atoms with Gasteiger partial charge in [0.15, 0.2) is 11.2 Å². The molecule has 1 aliphatic rings. The van der Waals surface area contributed by atoms with Crippen LogP contribution in [-0.4, -0.2) is 55.5 Å². The van der Waals surface area contributed by atoms with Crippen LogP contribution in [0.3, 0.4) is 0 Å². The molecular formula is C15H22N6O5. The second kappa shape index (κ2) is 7.02. The normalized spacial score (nSPS) is 24.3. The van der Waals surface area contributed by atoms with Crippen molar-refractivity contribution in [2.75, 3.05) is 12.3 Å². The minimum atomic E-state index is -0.762. The van der Waals surface area contributed by atoms with Crippen molar-refractivity contribution >= 4 is 23.1 Å². The van der Waals surface area contributed by atoms with Gasteiger partial charge in [-0.3, -0.25) is 19.1 Å². The fourth-order valence-corrected chi connectivity index (χ4v) is 2.81. The van der Waals surface area contributed by atoms with Crippen LogP contribution in [0.2, 0.25) is 0 Å². The highest BCUT2D eigenvalue weighted by Gasteiger charge is 2.40. The lowest BCUT2D eigenvalue weighted by Crippen LogP contribution is -2.41. The van der Waals surface area contributed by atoms with Crippen LogP contribution in [0.5, 0.6) is 0 Å². The summed E-state index contributed by atoms with van der Waals surface area (Å²) in [5, 5.41) is 9.55. The van der Waals surface area contributed by atoms with Crippen molar-refractivity contribution in [1.82, 2.24) is 19.5 Å². The van der Waals surface area contributed by atoms with Gasteiger partial charge in [0.2, 0.25) is 5.95 Å². The van der Waals surface area contributed by atoms with Gasteiger partial charge in [0.25, 0.3) is 5.56 Å². The molecule has 0 bridgehead atoms. The Hall–Kier alpha value is -2.50. The third-order valence-electron chi connectivity index (χ3n) is 4.38. The number of hydrogen-bond acceptors (Lipinski definition) is 9. The number of nitrogens with one attached hydrogen (secondary N) is 1. The van der Waals surface area contributed by atoms with Crippen molar-refractivity contribution in [2.45, 2.75) is 44.7 Å². The number of fused-ring (bicyclic) bond motifs is 1. The molecule has 0 aliphatic carbocycles. The third kappa shape index (κ3) is 3.28. The summed E-state index contributed by atoms with van der Waals surface area (Å²) in [6.45, 7) is 3.29. The maximum atomic E-state index is 12.1. The molecule has 3 rings (SSSR count). The summed E-state index contributed by atoms with van der Waals surface area (Å²) in [6, 6.07) is -0.762. The van der Waals surface area contributed by atoms with E-state index in [4.69, 9.17) is 20.9 Å². The summed E-state index contributed by atoms with van der Waals surface area (Å²) >= 11 is 0. The van der Waals surface area contributed by atoms with E-state index in [0.29, 0.717) is 0 Å². The van der Waals surface area contributed by atoms with Crippen LogP contribution < -0.4 is 17.0 Å². The van der Waals surface area contributed by atoms with E-state index in [1.165, 1.54) is 10.9 Å². The molecule has 11 nitrogen and oxygen atoms in total. The molecule has 0 amide bonds. The van der Waals surface area contributed by atoms with E-state index in [2.05, 4.69) is 15.0 Å². The van der Waals surface area contributed by atoms with Gasteiger partial charge in [-0.15, -0.1) is 0 Å². The van der Waals surface area contributed by atoms with E-state index >= 15 is 0 Å². The van der Waals surface area contributed by atoms with Gasteiger partial charge in [0.05, 0.1) is 12.9 Å². The molecule has 11 heteroatoms. The number of rotatable bonds is 5. The van der Waals surface area contributed by atoms with Gasteiger partial charge in [0, 0.05) is 6.42 Å². The number of aromatic amines is 1. The summed E-state index contributed by atoms with van der Waals surface area (Å²) in [6.07, 6.45) is -0.380. The minimum absolute atomic E-state index is 0.0492. The first-order valence-corrected chi connectivity index (χ1v) is 8.26. The summed E-state index contributed by atoms with van der Waals surface area (Å²) in [4.78, 5) is 34.5. The topological polar surface area (TPSA) is 171 Å². The zero-order chi connectivity index (χ0) is 19.0. The van der Waals surface area contributed by atoms with Crippen LogP contribution in [0.25, 0.3) is 11.2 Å². The van der Waals surface area contributed by atoms with Gasteiger partial charge in [-0.05, 0) is 5.92 Å². The molecule has 3 heterocycles. The lowest BCUT2D eigenvalue weighted by Gasteiger charge is -2.20. The number of ether oxygens (including phenoxy) is 2. The molecule has 0 radical (unpaired) electrons. The number of aromatic nitrogens is 4. The van der Waals surface area contributed by atoms with E-state index in [-0.39, 0.29) is 36.1 Å². The van der Waals surface area contributed by atoms with Gasteiger partial charge in [-0.25, -0.2) is 4.98 Å². The van der Waals surface area contributed by atoms with E-state index in [0.717, 1.165) is 0 Å². The molecule has 2 aromatic heterocycles. The summed E-state index contributed by atoms with van der Waals surface area (Å²) in [5.41, 5.74) is 11.3. The van der Waals surface area contributed by atoms with E-state index in [9.17, 15) is 14.7 Å². The number of carbonyl (C=O) groups excluding carboxylic acids is 1. The summed E-state index contributed by atoms with van der Waals surface area (Å²) in [5.74, 6) is -0.682. The average molecular weight is 366 g/mol. The molecule has 4 atom stereocenters. The molecule has 0 saturated carbocycles. The number of aliphatic hydroxyl groups excluding tert-OH is 1. The van der Waals surface area contributed by atoms with Crippen molar-refractivity contribution in [3.05, 3.63) is 16.7 Å². The van der Waals surface area contributed by atoms with E-state index in [1.807, 2.05) is 13.8 Å². The first-order valence-electron chi connectivity index (χ1n) is 8.26. The smallest absolute Gasteiger partial charge is 0.323 e. The highest BCUT2D eigenvalue weighted by Crippen LogP contribution is 2.32. The standard InChI is InChI=1S/C15H22N6O5/c1-6(2)10(16)14(24)26-7-3-9(25-8(7)4-22)21-5-18-11-12(21)19-15(17)20-13(11)23/h5-10,22H,3-4,16H2,1-2H3,(H3,17,19,20,23)/t7-,8-,9-,10?/m1/s1. The number of nitrogens with two attached hydrogens (primary N) is 2. The predicted molar refractivity (Wildman–Crippen MR) is 90.9 cm³/mol. The first-order chi connectivity index (χ1) is 12.3. The average Bonchev–Trinajstić information content (AvgIpc) is 3.17. The number of hydrogen-bond donors (Lipinski definition) is 4. The molecule has 142 valence electrons. The monoisotopic (exact) mass is 366 g/mol. The molecule has 1 aliphatic heterocycles. The zero-order valence-electron chi connectivity index (χ0n) is 14.5. The molecule has 0 aromatic carbocycles. The lowest BCUT2D eigenvalue weighted by molar-refractivity contribution is -0.155. The highest BCUT2D eigenvalue weighted by molar-refractivity contribution is 5.76. The van der Waals surface area contributed by atoms with Crippen LogP contribution in [0.15, 0.2) is 11.1 Å². The number of anilines is 1. The van der Waals surface area contributed by atoms with Crippen LogP contribution >= 0.6 is 0 Å². The van der Waals surface area contributed by atoms with Crippen LogP contribution in [0, 0.1) is 5.92 Å².